The third-order valence-electron chi connectivity index (χ3n) is 4.69. The van der Waals surface area contributed by atoms with Gasteiger partial charge in [0.15, 0.2) is 0 Å². The van der Waals surface area contributed by atoms with E-state index in [-0.39, 0.29) is 17.2 Å². The highest BCUT2D eigenvalue weighted by atomic mass is 16.2. The summed E-state index contributed by atoms with van der Waals surface area (Å²) in [7, 11) is 0. The van der Waals surface area contributed by atoms with E-state index in [0.29, 0.717) is 24.2 Å². The van der Waals surface area contributed by atoms with Crippen molar-refractivity contribution in [3.05, 3.63) is 23.8 Å². The summed E-state index contributed by atoms with van der Waals surface area (Å²) in [6.45, 7) is 1.90. The van der Waals surface area contributed by atoms with Gasteiger partial charge in [0.2, 0.25) is 11.8 Å². The summed E-state index contributed by atoms with van der Waals surface area (Å²) in [5.74, 6) is -0.145. The van der Waals surface area contributed by atoms with E-state index in [1.165, 1.54) is 4.90 Å². The van der Waals surface area contributed by atoms with Gasteiger partial charge in [0.05, 0.1) is 5.69 Å². The van der Waals surface area contributed by atoms with Crippen LogP contribution in [0.1, 0.15) is 44.1 Å². The number of anilines is 2. The third-order valence-corrected chi connectivity index (χ3v) is 4.69. The molecule has 1 saturated heterocycles. The number of carbonyl (C=O) groups is 2. The summed E-state index contributed by atoms with van der Waals surface area (Å²) in [5, 5.41) is 0. The second-order valence-electron chi connectivity index (χ2n) is 6.23. The lowest BCUT2D eigenvalue weighted by Crippen LogP contribution is -2.47. The maximum Gasteiger partial charge on any atom is 0.234 e. The van der Waals surface area contributed by atoms with Crippen LogP contribution in [0, 0.1) is 12.3 Å². The molecule has 2 amide bonds. The Morgan fingerprint density at radius 2 is 1.70 bits per heavy atom. The van der Waals surface area contributed by atoms with Gasteiger partial charge in [-0.05, 0) is 42.9 Å². The molecule has 0 bridgehead atoms. The fraction of sp³-hybridized carbons (Fsp3) is 0.500. The summed E-state index contributed by atoms with van der Waals surface area (Å²) in [5.41, 5.74) is 7.86. The second-order valence-corrected chi connectivity index (χ2v) is 6.23. The lowest BCUT2D eigenvalue weighted by atomic mass is 9.76. The van der Waals surface area contributed by atoms with Crippen LogP contribution in [0.15, 0.2) is 18.2 Å². The van der Waals surface area contributed by atoms with E-state index in [2.05, 4.69) is 0 Å². The summed E-state index contributed by atoms with van der Waals surface area (Å²) in [4.78, 5) is 26.3. The van der Waals surface area contributed by atoms with E-state index in [1.54, 1.807) is 12.1 Å². The van der Waals surface area contributed by atoms with Gasteiger partial charge in [-0.15, -0.1) is 0 Å². The molecule has 0 unspecified atom stereocenters. The predicted molar refractivity (Wildman–Crippen MR) is 78.2 cm³/mol. The molecule has 1 aliphatic heterocycles. The van der Waals surface area contributed by atoms with E-state index < -0.39 is 0 Å². The van der Waals surface area contributed by atoms with E-state index in [4.69, 9.17) is 5.73 Å². The number of hydrogen-bond donors (Lipinski definition) is 1. The summed E-state index contributed by atoms with van der Waals surface area (Å²) in [6.07, 6.45) is 5.28. The highest BCUT2D eigenvalue weighted by Crippen LogP contribution is 2.47. The Hall–Kier alpha value is -1.84. The number of nitrogens with zero attached hydrogens (tertiary/aromatic N) is 1. The number of benzene rings is 1. The zero-order chi connectivity index (χ0) is 14.3. The number of carbonyl (C=O) groups excluding carboxylic acids is 2. The van der Waals surface area contributed by atoms with Gasteiger partial charge < -0.3 is 5.73 Å². The molecule has 3 rings (SSSR count). The topological polar surface area (TPSA) is 63.4 Å². The van der Waals surface area contributed by atoms with E-state index in [9.17, 15) is 9.59 Å². The van der Waals surface area contributed by atoms with Gasteiger partial charge >= 0.3 is 0 Å². The van der Waals surface area contributed by atoms with Crippen molar-refractivity contribution in [1.29, 1.82) is 0 Å². The van der Waals surface area contributed by atoms with E-state index in [1.807, 2.05) is 13.0 Å². The number of rotatable bonds is 1. The van der Waals surface area contributed by atoms with E-state index >= 15 is 0 Å². The highest BCUT2D eigenvalue weighted by molar-refractivity contribution is 6.17. The molecule has 0 atom stereocenters. The van der Waals surface area contributed by atoms with Gasteiger partial charge in [-0.25, -0.2) is 0 Å². The number of nitrogens with two attached hydrogens (primary N) is 1. The fourth-order valence-corrected chi connectivity index (χ4v) is 3.62. The molecule has 1 spiro atoms. The molecule has 2 fully saturated rings. The zero-order valence-corrected chi connectivity index (χ0v) is 11.8. The zero-order valence-electron chi connectivity index (χ0n) is 11.8. The molecule has 1 heterocycles. The van der Waals surface area contributed by atoms with E-state index in [0.717, 1.165) is 31.2 Å². The van der Waals surface area contributed by atoms with Crippen LogP contribution in [-0.4, -0.2) is 11.8 Å². The molecular weight excluding hydrogens is 252 g/mol. The van der Waals surface area contributed by atoms with Crippen molar-refractivity contribution in [2.24, 2.45) is 5.41 Å². The quantitative estimate of drug-likeness (QED) is 0.631. The molecule has 2 N–H and O–H groups in total. The van der Waals surface area contributed by atoms with Crippen molar-refractivity contribution >= 4 is 23.2 Å². The Labute approximate surface area is 118 Å². The average Bonchev–Trinajstić information content (AvgIpc) is 2.80. The SMILES string of the molecule is Cc1ccc(N)cc1N1C(=O)CC2(CCCC2)CC1=O. The molecule has 1 aromatic rings. The lowest BCUT2D eigenvalue weighted by molar-refractivity contribution is -0.133. The second kappa shape index (κ2) is 4.62. The molecule has 2 aliphatic rings. The summed E-state index contributed by atoms with van der Waals surface area (Å²) < 4.78 is 0. The Morgan fingerprint density at radius 3 is 2.30 bits per heavy atom. The van der Waals surface area contributed by atoms with Crippen LogP contribution in [-0.2, 0) is 9.59 Å². The standard InChI is InChI=1S/C16H20N2O2/c1-11-4-5-12(17)8-13(11)18-14(19)9-16(10-15(18)20)6-2-3-7-16/h4-5,8H,2-3,6-7,9-10,17H2,1H3. The molecule has 106 valence electrons. The minimum atomic E-state index is -0.0724. The molecule has 20 heavy (non-hydrogen) atoms. The number of nitrogen functional groups attached to an aromatic ring is 1. The Morgan fingerprint density at radius 1 is 1.10 bits per heavy atom. The normalized spacial score (nSPS) is 21.8. The number of piperidine rings is 1. The summed E-state index contributed by atoms with van der Waals surface area (Å²) >= 11 is 0. The van der Waals surface area contributed by atoms with Crippen molar-refractivity contribution in [1.82, 2.24) is 0 Å². The van der Waals surface area contributed by atoms with Gasteiger partial charge in [-0.3, -0.25) is 14.5 Å². The molecule has 4 heteroatoms. The first kappa shape index (κ1) is 13.2. The van der Waals surface area contributed by atoms with Crippen LogP contribution in [0.25, 0.3) is 0 Å². The predicted octanol–water partition coefficient (Wildman–Crippen LogP) is 2.79. The molecule has 1 aromatic carbocycles. The van der Waals surface area contributed by atoms with Crippen LogP contribution in [0.3, 0.4) is 0 Å². The van der Waals surface area contributed by atoms with Crippen LogP contribution in [0.4, 0.5) is 11.4 Å². The maximum absolute atomic E-state index is 12.5. The highest BCUT2D eigenvalue weighted by Gasteiger charge is 2.45. The molecule has 4 nitrogen and oxygen atoms in total. The van der Waals surface area contributed by atoms with Crippen LogP contribution in [0.5, 0.6) is 0 Å². The first-order valence-corrected chi connectivity index (χ1v) is 7.23. The minimum Gasteiger partial charge on any atom is -0.399 e. The first-order valence-electron chi connectivity index (χ1n) is 7.23. The number of hydrogen-bond acceptors (Lipinski definition) is 3. The van der Waals surface area contributed by atoms with Crippen molar-refractivity contribution in [2.45, 2.75) is 45.4 Å². The van der Waals surface area contributed by atoms with Crippen molar-refractivity contribution in [3.8, 4) is 0 Å². The van der Waals surface area contributed by atoms with Crippen molar-refractivity contribution in [3.63, 3.8) is 0 Å². The largest absolute Gasteiger partial charge is 0.399 e. The Balaban J connectivity index is 1.93. The molecule has 1 saturated carbocycles. The van der Waals surface area contributed by atoms with Crippen LogP contribution in [0.2, 0.25) is 0 Å². The molecule has 0 aromatic heterocycles. The van der Waals surface area contributed by atoms with Gasteiger partial charge in [-0.2, -0.15) is 0 Å². The van der Waals surface area contributed by atoms with Gasteiger partial charge in [0.25, 0.3) is 0 Å². The van der Waals surface area contributed by atoms with Crippen molar-refractivity contribution < 1.29 is 9.59 Å². The molecular formula is C16H20N2O2. The minimum absolute atomic E-state index is 0.0567. The van der Waals surface area contributed by atoms with Crippen LogP contribution >= 0.6 is 0 Å². The summed E-state index contributed by atoms with van der Waals surface area (Å²) in [6, 6.07) is 5.36. The maximum atomic E-state index is 12.5. The van der Waals surface area contributed by atoms with Crippen LogP contribution < -0.4 is 10.6 Å². The smallest absolute Gasteiger partial charge is 0.234 e. The molecule has 1 aliphatic carbocycles. The van der Waals surface area contributed by atoms with Gasteiger partial charge in [0.1, 0.15) is 0 Å². The average molecular weight is 272 g/mol. The third kappa shape index (κ3) is 2.09. The number of aryl methyl sites for hydroxylation is 1. The van der Waals surface area contributed by atoms with Gasteiger partial charge in [0, 0.05) is 18.5 Å². The lowest BCUT2D eigenvalue weighted by Gasteiger charge is -2.37. The number of imide groups is 1. The van der Waals surface area contributed by atoms with Gasteiger partial charge in [-0.1, -0.05) is 18.9 Å². The number of amides is 2. The Bertz CT molecular complexity index is 554. The monoisotopic (exact) mass is 272 g/mol. The molecule has 0 radical (unpaired) electrons. The van der Waals surface area contributed by atoms with Crippen molar-refractivity contribution in [2.75, 3.05) is 10.6 Å². The Kier molecular flexibility index (Phi) is 3.04. The fourth-order valence-electron chi connectivity index (χ4n) is 3.62. The first-order chi connectivity index (χ1) is 9.51.